The number of rotatable bonds is 4. The van der Waals surface area contributed by atoms with E-state index in [1.54, 1.807) is 24.3 Å². The van der Waals surface area contributed by atoms with Gasteiger partial charge < -0.3 is 14.9 Å². The van der Waals surface area contributed by atoms with Crippen molar-refractivity contribution in [2.24, 2.45) is 0 Å². The molecule has 1 rings (SSSR count). The number of aliphatic hydroxyl groups is 1. The molecule has 0 fully saturated rings. The lowest BCUT2D eigenvalue weighted by atomic mass is 10.1. The molecule has 4 heteroatoms. The van der Waals surface area contributed by atoms with Gasteiger partial charge >= 0.3 is 5.97 Å². The second kappa shape index (κ2) is 4.31. The first-order valence-corrected chi connectivity index (χ1v) is 4.58. The summed E-state index contributed by atoms with van der Waals surface area (Å²) in [6.07, 6.45) is 0. The number of carboxylic acid groups (broad SMARTS) is 1. The molecule has 1 aromatic rings. The van der Waals surface area contributed by atoms with Crippen LogP contribution in [0.3, 0.4) is 0 Å². The van der Waals surface area contributed by atoms with Gasteiger partial charge in [0.1, 0.15) is 5.75 Å². The Balaban J connectivity index is 2.85. The zero-order valence-corrected chi connectivity index (χ0v) is 8.73. The molecule has 0 saturated heterocycles. The van der Waals surface area contributed by atoms with Crippen molar-refractivity contribution in [2.75, 3.05) is 0 Å². The minimum absolute atomic E-state index is 0.0926. The van der Waals surface area contributed by atoms with E-state index >= 15 is 0 Å². The minimum atomic E-state index is -1.27. The highest BCUT2D eigenvalue weighted by molar-refractivity contribution is 5.76. The van der Waals surface area contributed by atoms with Crippen molar-refractivity contribution in [3.63, 3.8) is 0 Å². The number of aliphatic hydroxyl groups excluding tert-OH is 1. The Morgan fingerprint density at radius 2 is 2.13 bits per heavy atom. The molecule has 0 unspecified atom stereocenters. The van der Waals surface area contributed by atoms with E-state index < -0.39 is 11.6 Å². The maximum absolute atomic E-state index is 10.8. The lowest BCUT2D eigenvalue weighted by molar-refractivity contribution is -0.152. The fraction of sp³-hybridized carbons (Fsp3) is 0.364. The van der Waals surface area contributed by atoms with Gasteiger partial charge in [-0.3, -0.25) is 0 Å². The Kier molecular flexibility index (Phi) is 3.31. The standard InChI is InChI=1S/C11H14O4/c1-11(2,10(13)14)15-9-5-3-4-8(6-9)7-12/h3-6,12H,7H2,1-2H3,(H,13,14). The van der Waals surface area contributed by atoms with Crippen LogP contribution >= 0.6 is 0 Å². The topological polar surface area (TPSA) is 66.8 Å². The van der Waals surface area contributed by atoms with Crippen LogP contribution in [0.2, 0.25) is 0 Å². The normalized spacial score (nSPS) is 11.1. The maximum Gasteiger partial charge on any atom is 0.347 e. The second-order valence-corrected chi connectivity index (χ2v) is 3.72. The van der Waals surface area contributed by atoms with E-state index in [-0.39, 0.29) is 6.61 Å². The van der Waals surface area contributed by atoms with Gasteiger partial charge in [-0.25, -0.2) is 4.79 Å². The van der Waals surface area contributed by atoms with Crippen LogP contribution in [0.1, 0.15) is 19.4 Å². The van der Waals surface area contributed by atoms with Crippen molar-refractivity contribution >= 4 is 5.97 Å². The smallest absolute Gasteiger partial charge is 0.347 e. The molecular weight excluding hydrogens is 196 g/mol. The number of aliphatic carboxylic acids is 1. The first-order valence-electron chi connectivity index (χ1n) is 4.58. The average Bonchev–Trinajstić information content (AvgIpc) is 2.17. The van der Waals surface area contributed by atoms with Crippen LogP contribution in [-0.2, 0) is 11.4 Å². The second-order valence-electron chi connectivity index (χ2n) is 3.72. The fourth-order valence-electron chi connectivity index (χ4n) is 1.05. The minimum Gasteiger partial charge on any atom is -0.478 e. The van der Waals surface area contributed by atoms with Crippen molar-refractivity contribution in [3.05, 3.63) is 29.8 Å². The summed E-state index contributed by atoms with van der Waals surface area (Å²) in [6, 6.07) is 6.72. The number of benzene rings is 1. The molecule has 82 valence electrons. The van der Waals surface area contributed by atoms with Crippen molar-refractivity contribution < 1.29 is 19.7 Å². The highest BCUT2D eigenvalue weighted by Gasteiger charge is 2.29. The Bertz CT molecular complexity index is 357. The highest BCUT2D eigenvalue weighted by atomic mass is 16.5. The fourth-order valence-corrected chi connectivity index (χ4v) is 1.05. The molecule has 2 N–H and O–H groups in total. The van der Waals surface area contributed by atoms with Gasteiger partial charge in [0.05, 0.1) is 6.61 Å². The summed E-state index contributed by atoms with van der Waals surface area (Å²) >= 11 is 0. The van der Waals surface area contributed by atoms with Gasteiger partial charge in [-0.15, -0.1) is 0 Å². The molecule has 0 bridgehead atoms. The van der Waals surface area contributed by atoms with Crippen molar-refractivity contribution in [1.82, 2.24) is 0 Å². The summed E-state index contributed by atoms with van der Waals surface area (Å²) in [6.45, 7) is 2.85. The molecule has 0 amide bonds. The summed E-state index contributed by atoms with van der Waals surface area (Å²) in [4.78, 5) is 10.8. The molecule has 0 aliphatic carbocycles. The van der Waals surface area contributed by atoms with Gasteiger partial charge in [0.2, 0.25) is 0 Å². The molecule has 0 aliphatic rings. The third-order valence-corrected chi connectivity index (χ3v) is 1.97. The van der Waals surface area contributed by atoms with E-state index in [0.717, 1.165) is 0 Å². The third kappa shape index (κ3) is 2.95. The average molecular weight is 210 g/mol. The van der Waals surface area contributed by atoms with E-state index in [4.69, 9.17) is 14.9 Å². The number of hydrogen-bond acceptors (Lipinski definition) is 3. The zero-order valence-electron chi connectivity index (χ0n) is 8.73. The molecule has 0 aromatic heterocycles. The van der Waals surface area contributed by atoms with E-state index in [2.05, 4.69) is 0 Å². The Hall–Kier alpha value is -1.55. The summed E-state index contributed by atoms with van der Waals surface area (Å²) in [7, 11) is 0. The Morgan fingerprint density at radius 1 is 1.47 bits per heavy atom. The Morgan fingerprint density at radius 3 is 2.67 bits per heavy atom. The summed E-state index contributed by atoms with van der Waals surface area (Å²) in [5.74, 6) is -0.592. The first kappa shape index (κ1) is 11.5. The molecule has 4 nitrogen and oxygen atoms in total. The van der Waals surface area contributed by atoms with Crippen LogP contribution < -0.4 is 4.74 Å². The lowest BCUT2D eigenvalue weighted by Crippen LogP contribution is -2.37. The zero-order chi connectivity index (χ0) is 11.5. The lowest BCUT2D eigenvalue weighted by Gasteiger charge is -2.21. The van der Waals surface area contributed by atoms with E-state index in [1.807, 2.05) is 0 Å². The van der Waals surface area contributed by atoms with Crippen LogP contribution in [0.4, 0.5) is 0 Å². The molecule has 0 saturated carbocycles. The highest BCUT2D eigenvalue weighted by Crippen LogP contribution is 2.19. The first-order chi connectivity index (χ1) is 6.95. The van der Waals surface area contributed by atoms with Crippen molar-refractivity contribution in [3.8, 4) is 5.75 Å². The largest absolute Gasteiger partial charge is 0.478 e. The van der Waals surface area contributed by atoms with E-state index in [0.29, 0.717) is 11.3 Å². The number of carboxylic acids is 1. The van der Waals surface area contributed by atoms with Crippen LogP contribution in [0.5, 0.6) is 5.75 Å². The van der Waals surface area contributed by atoms with Gasteiger partial charge in [0.25, 0.3) is 0 Å². The number of hydrogen-bond donors (Lipinski definition) is 2. The predicted octanol–water partition coefficient (Wildman–Crippen LogP) is 1.42. The van der Waals surface area contributed by atoms with Crippen LogP contribution in [-0.4, -0.2) is 21.8 Å². The summed E-state index contributed by atoms with van der Waals surface area (Å²) in [5.41, 5.74) is -0.581. The summed E-state index contributed by atoms with van der Waals surface area (Å²) < 4.78 is 5.30. The van der Waals surface area contributed by atoms with Gasteiger partial charge in [0, 0.05) is 0 Å². The van der Waals surface area contributed by atoms with Crippen molar-refractivity contribution in [2.45, 2.75) is 26.1 Å². The molecule has 0 spiro atoms. The molecule has 15 heavy (non-hydrogen) atoms. The molecule has 1 aromatic carbocycles. The van der Waals surface area contributed by atoms with Crippen LogP contribution in [0.15, 0.2) is 24.3 Å². The maximum atomic E-state index is 10.8. The van der Waals surface area contributed by atoms with E-state index in [9.17, 15) is 4.79 Å². The molecule has 0 radical (unpaired) electrons. The molecule has 0 atom stereocenters. The number of ether oxygens (including phenoxy) is 1. The van der Waals surface area contributed by atoms with Gasteiger partial charge in [-0.2, -0.15) is 0 Å². The molecule has 0 aliphatic heterocycles. The van der Waals surface area contributed by atoms with Crippen LogP contribution in [0.25, 0.3) is 0 Å². The molecular formula is C11H14O4. The van der Waals surface area contributed by atoms with Gasteiger partial charge in [-0.05, 0) is 31.5 Å². The number of carbonyl (C=O) groups is 1. The SMILES string of the molecule is CC(C)(Oc1cccc(CO)c1)C(=O)O. The van der Waals surface area contributed by atoms with Gasteiger partial charge in [-0.1, -0.05) is 12.1 Å². The predicted molar refractivity (Wildman–Crippen MR) is 54.7 cm³/mol. The third-order valence-electron chi connectivity index (χ3n) is 1.97. The van der Waals surface area contributed by atoms with Gasteiger partial charge in [0.15, 0.2) is 5.60 Å². The van der Waals surface area contributed by atoms with E-state index in [1.165, 1.54) is 13.8 Å². The Labute approximate surface area is 88.1 Å². The quantitative estimate of drug-likeness (QED) is 0.788. The van der Waals surface area contributed by atoms with Crippen molar-refractivity contribution in [1.29, 1.82) is 0 Å². The van der Waals surface area contributed by atoms with Crippen LogP contribution in [0, 0.1) is 0 Å². The summed E-state index contributed by atoms with van der Waals surface area (Å²) in [5, 5.41) is 17.8. The molecule has 0 heterocycles. The monoisotopic (exact) mass is 210 g/mol.